The van der Waals surface area contributed by atoms with Crippen LogP contribution in [0.1, 0.15) is 31.4 Å². The average Bonchev–Trinajstić information content (AvgIpc) is 2.51. The van der Waals surface area contributed by atoms with E-state index in [1.807, 2.05) is 36.1 Å². The van der Waals surface area contributed by atoms with E-state index in [0.717, 1.165) is 12.0 Å². The summed E-state index contributed by atoms with van der Waals surface area (Å²) in [6, 6.07) is 9.45. The normalized spacial score (nSPS) is 17.3. The van der Waals surface area contributed by atoms with Gasteiger partial charge in [0.1, 0.15) is 6.04 Å². The van der Waals surface area contributed by atoms with Crippen LogP contribution in [0.15, 0.2) is 24.3 Å². The largest absolute Gasteiger partial charge is 0.340 e. The molecule has 1 unspecified atom stereocenters. The first-order chi connectivity index (χ1) is 10.2. The summed E-state index contributed by atoms with van der Waals surface area (Å²) < 4.78 is 0. The van der Waals surface area contributed by atoms with Crippen LogP contribution in [0.5, 0.6) is 0 Å². The molecule has 112 valence electrons. The number of amides is 1. The molecule has 1 saturated heterocycles. The molecule has 2 rings (SSSR count). The molecular weight excluding hydrogens is 286 g/mol. The molecule has 0 aromatic heterocycles. The third-order valence-corrected chi connectivity index (χ3v) is 4.16. The first-order valence-corrected chi connectivity index (χ1v) is 7.71. The number of carbonyl (C=O) groups excluding carboxylic acids is 1. The fourth-order valence-electron chi connectivity index (χ4n) is 2.65. The van der Waals surface area contributed by atoms with E-state index in [-0.39, 0.29) is 11.9 Å². The number of benzene rings is 1. The number of nitrogens with zero attached hydrogens (tertiary/aromatic N) is 3. The number of nitriles is 1. The molecule has 4 nitrogen and oxygen atoms in total. The van der Waals surface area contributed by atoms with Crippen LogP contribution in [-0.4, -0.2) is 41.9 Å². The molecule has 0 bridgehead atoms. The molecule has 1 aliphatic rings. The molecule has 0 radical (unpaired) electrons. The van der Waals surface area contributed by atoms with Gasteiger partial charge in [-0.15, -0.1) is 0 Å². The van der Waals surface area contributed by atoms with Crippen molar-refractivity contribution >= 4 is 17.5 Å². The number of carbonyl (C=O) groups is 1. The fraction of sp³-hybridized carbons (Fsp3) is 0.500. The maximum atomic E-state index is 11.9. The van der Waals surface area contributed by atoms with Gasteiger partial charge in [-0.1, -0.05) is 36.7 Å². The minimum absolute atomic E-state index is 0.211. The van der Waals surface area contributed by atoms with Crippen molar-refractivity contribution < 1.29 is 4.79 Å². The second kappa shape index (κ2) is 7.44. The molecule has 1 aromatic rings. The molecule has 1 fully saturated rings. The SMILES string of the molecule is CCCC(=O)N1CCN(C(C#N)c2ccccc2Cl)CC1. The molecule has 5 heteroatoms. The molecule has 0 saturated carbocycles. The Kier molecular flexibility index (Phi) is 5.60. The number of hydrogen-bond acceptors (Lipinski definition) is 3. The average molecular weight is 306 g/mol. The standard InChI is InChI=1S/C16H20ClN3O/c1-2-5-16(21)20-10-8-19(9-11-20)15(12-18)13-6-3-4-7-14(13)17/h3-4,6-7,15H,2,5,8-11H2,1H3. The highest BCUT2D eigenvalue weighted by atomic mass is 35.5. The van der Waals surface area contributed by atoms with Gasteiger partial charge in [-0.25, -0.2) is 0 Å². The summed E-state index contributed by atoms with van der Waals surface area (Å²) in [6.45, 7) is 4.79. The second-order valence-electron chi connectivity index (χ2n) is 5.22. The van der Waals surface area contributed by atoms with Crippen molar-refractivity contribution in [1.29, 1.82) is 5.26 Å². The molecule has 21 heavy (non-hydrogen) atoms. The quantitative estimate of drug-likeness (QED) is 0.859. The van der Waals surface area contributed by atoms with Crippen molar-refractivity contribution in [3.63, 3.8) is 0 Å². The van der Waals surface area contributed by atoms with Gasteiger partial charge in [0, 0.05) is 43.2 Å². The lowest BCUT2D eigenvalue weighted by Gasteiger charge is -2.37. The zero-order chi connectivity index (χ0) is 15.2. The molecule has 1 aromatic carbocycles. The Morgan fingerprint density at radius 3 is 2.57 bits per heavy atom. The van der Waals surface area contributed by atoms with Gasteiger partial charge in [0.2, 0.25) is 5.91 Å². The molecule has 0 aliphatic carbocycles. The summed E-state index contributed by atoms with van der Waals surface area (Å²) in [5.74, 6) is 0.211. The first kappa shape index (κ1) is 15.8. The highest BCUT2D eigenvalue weighted by Gasteiger charge is 2.27. The Labute approximate surface area is 130 Å². The van der Waals surface area contributed by atoms with E-state index in [0.29, 0.717) is 37.6 Å². The van der Waals surface area contributed by atoms with E-state index in [1.165, 1.54) is 0 Å². The first-order valence-electron chi connectivity index (χ1n) is 7.33. The van der Waals surface area contributed by atoms with E-state index in [9.17, 15) is 10.1 Å². The Morgan fingerprint density at radius 2 is 2.00 bits per heavy atom. The smallest absolute Gasteiger partial charge is 0.222 e. The van der Waals surface area contributed by atoms with Crippen molar-refractivity contribution in [3.05, 3.63) is 34.9 Å². The van der Waals surface area contributed by atoms with Crippen LogP contribution in [0.2, 0.25) is 5.02 Å². The van der Waals surface area contributed by atoms with Crippen LogP contribution in [0.4, 0.5) is 0 Å². The minimum Gasteiger partial charge on any atom is -0.340 e. The maximum Gasteiger partial charge on any atom is 0.222 e. The van der Waals surface area contributed by atoms with Gasteiger partial charge < -0.3 is 4.90 Å². The highest BCUT2D eigenvalue weighted by Crippen LogP contribution is 2.27. The third kappa shape index (κ3) is 3.75. The lowest BCUT2D eigenvalue weighted by Crippen LogP contribution is -2.49. The van der Waals surface area contributed by atoms with Gasteiger partial charge >= 0.3 is 0 Å². The molecule has 1 aliphatic heterocycles. The molecule has 1 atom stereocenters. The Hall–Kier alpha value is -1.57. The Balaban J connectivity index is 2.02. The van der Waals surface area contributed by atoms with Crippen LogP contribution in [0.25, 0.3) is 0 Å². The van der Waals surface area contributed by atoms with Gasteiger partial charge in [-0.3, -0.25) is 9.69 Å². The van der Waals surface area contributed by atoms with Crippen molar-refractivity contribution in [3.8, 4) is 6.07 Å². The van der Waals surface area contributed by atoms with E-state index < -0.39 is 0 Å². The molecule has 1 amide bonds. The monoisotopic (exact) mass is 305 g/mol. The van der Waals surface area contributed by atoms with Gasteiger partial charge in [0.15, 0.2) is 0 Å². The van der Waals surface area contributed by atoms with Crippen molar-refractivity contribution in [2.24, 2.45) is 0 Å². The van der Waals surface area contributed by atoms with E-state index in [2.05, 4.69) is 11.0 Å². The second-order valence-corrected chi connectivity index (χ2v) is 5.63. The fourth-order valence-corrected chi connectivity index (χ4v) is 2.89. The summed E-state index contributed by atoms with van der Waals surface area (Å²) in [4.78, 5) is 15.9. The van der Waals surface area contributed by atoms with Gasteiger partial charge in [-0.2, -0.15) is 5.26 Å². The van der Waals surface area contributed by atoms with E-state index >= 15 is 0 Å². The lowest BCUT2D eigenvalue weighted by molar-refractivity contribution is -0.133. The Morgan fingerprint density at radius 1 is 1.33 bits per heavy atom. The molecular formula is C16H20ClN3O. The maximum absolute atomic E-state index is 11.9. The molecule has 0 N–H and O–H groups in total. The van der Waals surface area contributed by atoms with Crippen LogP contribution < -0.4 is 0 Å². The van der Waals surface area contributed by atoms with Crippen molar-refractivity contribution in [2.45, 2.75) is 25.8 Å². The van der Waals surface area contributed by atoms with E-state index in [4.69, 9.17) is 11.6 Å². The molecule has 1 heterocycles. The third-order valence-electron chi connectivity index (χ3n) is 3.82. The zero-order valence-corrected chi connectivity index (χ0v) is 13.0. The number of hydrogen-bond donors (Lipinski definition) is 0. The van der Waals surface area contributed by atoms with Gasteiger partial charge in [0.05, 0.1) is 6.07 Å². The minimum atomic E-state index is -0.345. The number of rotatable bonds is 4. The molecule has 0 spiro atoms. The predicted molar refractivity (Wildman–Crippen MR) is 82.9 cm³/mol. The summed E-state index contributed by atoms with van der Waals surface area (Å²) in [5.41, 5.74) is 0.843. The van der Waals surface area contributed by atoms with Gasteiger partial charge in [-0.05, 0) is 12.5 Å². The summed E-state index contributed by atoms with van der Waals surface area (Å²) in [5, 5.41) is 10.1. The summed E-state index contributed by atoms with van der Waals surface area (Å²) in [6.07, 6.45) is 1.48. The van der Waals surface area contributed by atoms with Crippen LogP contribution in [0, 0.1) is 11.3 Å². The van der Waals surface area contributed by atoms with Crippen LogP contribution >= 0.6 is 11.6 Å². The number of piperazine rings is 1. The van der Waals surface area contributed by atoms with Crippen molar-refractivity contribution in [1.82, 2.24) is 9.80 Å². The van der Waals surface area contributed by atoms with Crippen LogP contribution in [-0.2, 0) is 4.79 Å². The summed E-state index contributed by atoms with van der Waals surface area (Å²) in [7, 11) is 0. The number of halogens is 1. The predicted octanol–water partition coefficient (Wildman–Crippen LogP) is 2.85. The highest BCUT2D eigenvalue weighted by molar-refractivity contribution is 6.31. The Bertz CT molecular complexity index is 533. The lowest BCUT2D eigenvalue weighted by atomic mass is 10.1. The van der Waals surface area contributed by atoms with Gasteiger partial charge in [0.25, 0.3) is 0 Å². The zero-order valence-electron chi connectivity index (χ0n) is 12.3. The summed E-state index contributed by atoms with van der Waals surface area (Å²) >= 11 is 6.20. The van der Waals surface area contributed by atoms with E-state index in [1.54, 1.807) is 0 Å². The van der Waals surface area contributed by atoms with Crippen LogP contribution in [0.3, 0.4) is 0 Å². The topological polar surface area (TPSA) is 47.3 Å². The van der Waals surface area contributed by atoms with Crippen molar-refractivity contribution in [2.75, 3.05) is 26.2 Å².